The van der Waals surface area contributed by atoms with Crippen LogP contribution in [0.5, 0.6) is 5.75 Å². The molecule has 94 valence electrons. The van der Waals surface area contributed by atoms with Crippen molar-refractivity contribution in [2.75, 3.05) is 13.2 Å². The predicted molar refractivity (Wildman–Crippen MR) is 73.0 cm³/mol. The van der Waals surface area contributed by atoms with Gasteiger partial charge in [0.2, 0.25) is 0 Å². The van der Waals surface area contributed by atoms with E-state index < -0.39 is 0 Å². The zero-order valence-corrected chi connectivity index (χ0v) is 10.8. The Kier molecular flexibility index (Phi) is 5.06. The van der Waals surface area contributed by atoms with Crippen molar-refractivity contribution in [2.24, 2.45) is 0 Å². The van der Waals surface area contributed by atoms with E-state index >= 15 is 0 Å². The molecule has 0 N–H and O–H groups in total. The molecule has 0 saturated heterocycles. The number of hydrogen-bond acceptors (Lipinski definition) is 2. The molecule has 0 radical (unpaired) electrons. The van der Waals surface area contributed by atoms with Crippen molar-refractivity contribution in [3.63, 3.8) is 0 Å². The lowest BCUT2D eigenvalue weighted by atomic mass is 10.2. The Hall–Kier alpha value is -1.51. The van der Waals surface area contributed by atoms with E-state index in [1.807, 2.05) is 54.6 Å². The van der Waals surface area contributed by atoms with E-state index in [1.165, 1.54) is 0 Å². The van der Waals surface area contributed by atoms with E-state index in [0.717, 1.165) is 16.3 Å². The van der Waals surface area contributed by atoms with Gasteiger partial charge >= 0.3 is 0 Å². The van der Waals surface area contributed by atoms with Crippen LogP contribution in [0.1, 0.15) is 5.56 Å². The number of halogens is 1. The normalized spacial score (nSPS) is 10.3. The summed E-state index contributed by atoms with van der Waals surface area (Å²) in [7, 11) is 0. The minimum atomic E-state index is 0.553. The minimum Gasteiger partial charge on any atom is -0.491 e. The fourth-order valence-corrected chi connectivity index (χ4v) is 1.63. The van der Waals surface area contributed by atoms with Gasteiger partial charge in [0, 0.05) is 5.02 Å². The molecular weight excluding hydrogens is 248 g/mol. The van der Waals surface area contributed by atoms with Crippen LogP contribution in [0.2, 0.25) is 5.02 Å². The first kappa shape index (κ1) is 12.9. The van der Waals surface area contributed by atoms with E-state index in [0.29, 0.717) is 19.8 Å². The number of para-hydroxylation sites is 1. The number of rotatable bonds is 6. The van der Waals surface area contributed by atoms with Crippen molar-refractivity contribution < 1.29 is 9.47 Å². The summed E-state index contributed by atoms with van der Waals surface area (Å²) < 4.78 is 11.0. The van der Waals surface area contributed by atoms with Gasteiger partial charge < -0.3 is 9.47 Å². The summed E-state index contributed by atoms with van der Waals surface area (Å²) in [5, 5.41) is 0.742. The average Bonchev–Trinajstić information content (AvgIpc) is 2.42. The quantitative estimate of drug-likeness (QED) is 0.734. The van der Waals surface area contributed by atoms with Gasteiger partial charge in [0.25, 0.3) is 0 Å². The van der Waals surface area contributed by atoms with Crippen molar-refractivity contribution in [3.8, 4) is 5.75 Å². The van der Waals surface area contributed by atoms with Gasteiger partial charge in [-0.05, 0) is 29.8 Å². The van der Waals surface area contributed by atoms with E-state index in [-0.39, 0.29) is 0 Å². The molecule has 0 unspecified atom stereocenters. The Morgan fingerprint density at radius 1 is 0.833 bits per heavy atom. The molecule has 0 aliphatic rings. The van der Waals surface area contributed by atoms with Crippen molar-refractivity contribution in [2.45, 2.75) is 6.61 Å². The first-order chi connectivity index (χ1) is 8.84. The zero-order chi connectivity index (χ0) is 12.6. The molecule has 0 saturated carbocycles. The Morgan fingerprint density at radius 2 is 1.56 bits per heavy atom. The molecule has 2 nitrogen and oxygen atoms in total. The maximum atomic E-state index is 5.80. The molecule has 0 aliphatic carbocycles. The monoisotopic (exact) mass is 262 g/mol. The first-order valence-electron chi connectivity index (χ1n) is 5.84. The van der Waals surface area contributed by atoms with Crippen LogP contribution in [0.25, 0.3) is 0 Å². The average molecular weight is 263 g/mol. The van der Waals surface area contributed by atoms with Crippen LogP contribution < -0.4 is 4.74 Å². The fraction of sp³-hybridized carbons (Fsp3) is 0.200. The van der Waals surface area contributed by atoms with Crippen LogP contribution in [-0.4, -0.2) is 13.2 Å². The zero-order valence-electron chi connectivity index (χ0n) is 10.0. The van der Waals surface area contributed by atoms with Crippen LogP contribution in [0, 0.1) is 0 Å². The molecule has 0 aliphatic heterocycles. The predicted octanol–water partition coefficient (Wildman–Crippen LogP) is 3.94. The summed E-state index contributed by atoms with van der Waals surface area (Å²) in [6, 6.07) is 17.4. The van der Waals surface area contributed by atoms with Crippen molar-refractivity contribution in [3.05, 3.63) is 65.2 Å². The van der Waals surface area contributed by atoms with Crippen molar-refractivity contribution in [1.29, 1.82) is 0 Å². The van der Waals surface area contributed by atoms with Gasteiger partial charge in [0.1, 0.15) is 12.4 Å². The lowest BCUT2D eigenvalue weighted by molar-refractivity contribution is 0.0889. The third-order valence-corrected chi connectivity index (χ3v) is 2.67. The van der Waals surface area contributed by atoms with Crippen molar-refractivity contribution >= 4 is 11.6 Å². The third-order valence-electron chi connectivity index (χ3n) is 2.42. The Balaban J connectivity index is 1.63. The van der Waals surface area contributed by atoms with Gasteiger partial charge in [-0.2, -0.15) is 0 Å². The number of ether oxygens (including phenoxy) is 2. The van der Waals surface area contributed by atoms with E-state index in [9.17, 15) is 0 Å². The summed E-state index contributed by atoms with van der Waals surface area (Å²) in [5.41, 5.74) is 1.11. The highest BCUT2D eigenvalue weighted by Crippen LogP contribution is 2.10. The number of hydrogen-bond donors (Lipinski definition) is 0. The third kappa shape index (κ3) is 4.40. The molecule has 0 bridgehead atoms. The van der Waals surface area contributed by atoms with Crippen LogP contribution in [0.15, 0.2) is 54.6 Å². The van der Waals surface area contributed by atoms with Crippen LogP contribution in [-0.2, 0) is 11.3 Å². The summed E-state index contributed by atoms with van der Waals surface area (Å²) >= 11 is 5.80. The number of benzene rings is 2. The van der Waals surface area contributed by atoms with E-state index in [4.69, 9.17) is 21.1 Å². The van der Waals surface area contributed by atoms with Crippen LogP contribution >= 0.6 is 11.6 Å². The lowest BCUT2D eigenvalue weighted by Crippen LogP contribution is -2.06. The smallest absolute Gasteiger partial charge is 0.119 e. The SMILES string of the molecule is Clc1ccc(COCCOc2ccccc2)cc1. The largest absolute Gasteiger partial charge is 0.491 e. The molecule has 0 amide bonds. The van der Waals surface area contributed by atoms with Gasteiger partial charge in [-0.1, -0.05) is 41.9 Å². The van der Waals surface area contributed by atoms with Gasteiger partial charge in [-0.25, -0.2) is 0 Å². The Bertz CT molecular complexity index is 454. The molecule has 0 atom stereocenters. The van der Waals surface area contributed by atoms with Crippen molar-refractivity contribution in [1.82, 2.24) is 0 Å². The van der Waals surface area contributed by atoms with Crippen LogP contribution in [0.4, 0.5) is 0 Å². The molecular formula is C15H15ClO2. The molecule has 0 spiro atoms. The van der Waals surface area contributed by atoms with E-state index in [2.05, 4.69) is 0 Å². The Morgan fingerprint density at radius 3 is 2.28 bits per heavy atom. The molecule has 3 heteroatoms. The maximum absolute atomic E-state index is 5.80. The van der Waals surface area contributed by atoms with Gasteiger partial charge in [-0.3, -0.25) is 0 Å². The summed E-state index contributed by atoms with van der Waals surface area (Å²) in [6.45, 7) is 1.70. The second kappa shape index (κ2) is 7.04. The first-order valence-corrected chi connectivity index (χ1v) is 6.22. The highest BCUT2D eigenvalue weighted by atomic mass is 35.5. The van der Waals surface area contributed by atoms with Gasteiger partial charge in [-0.15, -0.1) is 0 Å². The molecule has 2 aromatic carbocycles. The standard InChI is InChI=1S/C15H15ClO2/c16-14-8-6-13(7-9-14)12-17-10-11-18-15-4-2-1-3-5-15/h1-9H,10-12H2. The molecule has 2 rings (SSSR count). The second-order valence-electron chi connectivity index (χ2n) is 3.84. The van der Waals surface area contributed by atoms with Crippen LogP contribution in [0.3, 0.4) is 0 Å². The fourth-order valence-electron chi connectivity index (χ4n) is 1.51. The minimum absolute atomic E-state index is 0.553. The summed E-state index contributed by atoms with van der Waals surface area (Å²) in [6.07, 6.45) is 0. The maximum Gasteiger partial charge on any atom is 0.119 e. The highest BCUT2D eigenvalue weighted by molar-refractivity contribution is 6.30. The summed E-state index contributed by atoms with van der Waals surface area (Å²) in [4.78, 5) is 0. The Labute approximate surface area is 112 Å². The molecule has 0 aromatic heterocycles. The second-order valence-corrected chi connectivity index (χ2v) is 4.28. The topological polar surface area (TPSA) is 18.5 Å². The molecule has 0 heterocycles. The molecule has 18 heavy (non-hydrogen) atoms. The highest BCUT2D eigenvalue weighted by Gasteiger charge is 1.95. The van der Waals surface area contributed by atoms with Gasteiger partial charge in [0.15, 0.2) is 0 Å². The van der Waals surface area contributed by atoms with Gasteiger partial charge in [0.05, 0.1) is 13.2 Å². The molecule has 2 aromatic rings. The lowest BCUT2D eigenvalue weighted by Gasteiger charge is -2.07. The summed E-state index contributed by atoms with van der Waals surface area (Å²) in [5.74, 6) is 0.868. The van der Waals surface area contributed by atoms with E-state index in [1.54, 1.807) is 0 Å². The molecule has 0 fully saturated rings.